The van der Waals surface area contributed by atoms with Gasteiger partial charge in [-0.3, -0.25) is 4.79 Å². The normalized spacial score (nSPS) is 11.5. The van der Waals surface area contributed by atoms with E-state index in [9.17, 15) is 13.2 Å². The zero-order chi connectivity index (χ0) is 25.3. The van der Waals surface area contributed by atoms with Gasteiger partial charge in [-0.15, -0.1) is 11.3 Å². The van der Waals surface area contributed by atoms with Crippen LogP contribution in [0.1, 0.15) is 4.88 Å². The molecule has 0 unspecified atom stereocenters. The smallest absolute Gasteiger partial charge is 0.449 e. The summed E-state index contributed by atoms with van der Waals surface area (Å²) < 4.78 is 41.4. The second-order valence-electron chi connectivity index (χ2n) is 7.13. The van der Waals surface area contributed by atoms with Crippen molar-refractivity contribution in [2.45, 2.75) is 6.18 Å². The fourth-order valence-electron chi connectivity index (χ4n) is 3.29. The van der Waals surface area contributed by atoms with Gasteiger partial charge >= 0.3 is 12.0 Å². The molecule has 0 spiro atoms. The molecule has 2 N–H and O–H groups in total. The van der Waals surface area contributed by atoms with E-state index >= 15 is 0 Å². The van der Waals surface area contributed by atoms with Crippen molar-refractivity contribution in [3.63, 3.8) is 0 Å². The molecule has 3 nitrogen and oxygen atoms in total. The molecule has 3 aromatic carbocycles. The van der Waals surface area contributed by atoms with Crippen LogP contribution in [0.5, 0.6) is 0 Å². The van der Waals surface area contributed by atoms with Gasteiger partial charge in [-0.25, -0.2) is 0 Å². The number of aliphatic hydroxyl groups is 1. The molecule has 187 valence electrons. The standard InChI is InChI=1S/C19H17OP.C8H5F3O2S.Eu/c1-20-21(17-11-5-2-6-12-17,18-13-7-3-8-14-18)19-15-9-4-10-16-19;9-8(10,11)7(13)4-5(12)6-2-1-3-14-6;/h2-16H,1H2;1-4,13H;/p+1. The van der Waals surface area contributed by atoms with Gasteiger partial charge in [0.05, 0.1) is 29.1 Å². The number of hydrogen-bond donors (Lipinski definition) is 1. The van der Waals surface area contributed by atoms with E-state index in [-0.39, 0.29) is 60.3 Å². The molecule has 36 heavy (non-hydrogen) atoms. The van der Waals surface area contributed by atoms with Gasteiger partial charge in [0, 0.05) is 49.4 Å². The zero-order valence-electron chi connectivity index (χ0n) is 18.8. The van der Waals surface area contributed by atoms with Gasteiger partial charge in [-0.05, 0) is 47.8 Å². The SMILES string of the molecule is OC(=CC(=[OH+])c1cccs1)C(F)(F)F.[CH2-][O+]=P(c1ccccc1)(c1ccccc1)c1ccccc1.[Eu]. The van der Waals surface area contributed by atoms with Crippen LogP contribution in [0.2, 0.25) is 0 Å². The minimum absolute atomic E-state index is 0. The Kier molecular flexibility index (Phi) is 12.0. The summed E-state index contributed by atoms with van der Waals surface area (Å²) in [6, 6.07) is 34.1. The Hall–Kier alpha value is -1.83. The van der Waals surface area contributed by atoms with Crippen molar-refractivity contribution in [1.29, 1.82) is 0 Å². The molecule has 0 bridgehead atoms. The number of alkyl halides is 3. The number of thiophene rings is 1. The molecule has 1 aromatic heterocycles. The second kappa shape index (κ2) is 14.2. The van der Waals surface area contributed by atoms with Crippen LogP contribution >= 0.6 is 18.5 Å². The Balaban J connectivity index is 0.000000268. The van der Waals surface area contributed by atoms with Crippen LogP contribution in [0.3, 0.4) is 0 Å². The number of rotatable bonds is 5. The molecule has 4 aromatic rings. The van der Waals surface area contributed by atoms with Crippen LogP contribution in [0.25, 0.3) is 0 Å². The van der Waals surface area contributed by atoms with E-state index in [1.807, 2.05) is 18.2 Å². The molecule has 1 radical (unpaired) electrons. The Bertz CT molecular complexity index is 1210. The summed E-state index contributed by atoms with van der Waals surface area (Å²) in [4.78, 5) is 9.40. The van der Waals surface area contributed by atoms with E-state index in [2.05, 4.69) is 79.9 Å². The van der Waals surface area contributed by atoms with Crippen LogP contribution < -0.4 is 15.9 Å². The summed E-state index contributed by atoms with van der Waals surface area (Å²) in [5.41, 5.74) is 0. The van der Waals surface area contributed by atoms with Gasteiger partial charge in [0.1, 0.15) is 4.88 Å². The third kappa shape index (κ3) is 7.59. The summed E-state index contributed by atoms with van der Waals surface area (Å²) in [6.07, 6.45) is -4.54. The van der Waals surface area contributed by atoms with Crippen molar-refractivity contribution in [3.8, 4) is 0 Å². The Morgan fingerprint density at radius 3 is 1.53 bits per heavy atom. The van der Waals surface area contributed by atoms with Crippen LogP contribution in [-0.4, -0.2) is 21.9 Å². The Morgan fingerprint density at radius 2 is 1.22 bits per heavy atom. The van der Waals surface area contributed by atoms with Crippen molar-refractivity contribution in [2.24, 2.45) is 0 Å². The van der Waals surface area contributed by atoms with Crippen LogP contribution in [0.15, 0.2) is 120 Å². The quantitative estimate of drug-likeness (QED) is 0.0667. The maximum Gasteiger partial charge on any atom is 0.449 e. The number of carbonyl (C=O) groups excluding carboxylic acids is 1. The average Bonchev–Trinajstić information content (AvgIpc) is 3.42. The Labute approximate surface area is 252 Å². The third-order valence-corrected chi connectivity index (χ3v) is 9.25. The molecule has 0 aliphatic carbocycles. The first-order valence-electron chi connectivity index (χ1n) is 10.4. The molecule has 0 aliphatic heterocycles. The largest absolute Gasteiger partial charge is 0.504 e. The van der Waals surface area contributed by atoms with Crippen molar-refractivity contribution in [2.75, 3.05) is 0 Å². The molecular formula is C27H23EuF3O3PS+. The summed E-state index contributed by atoms with van der Waals surface area (Å²) >= 11 is 1.07. The zero-order valence-corrected chi connectivity index (χ0v) is 23.0. The summed E-state index contributed by atoms with van der Waals surface area (Å²) in [6.45, 7) is 0. The molecule has 4 rings (SSSR count). The fourth-order valence-corrected chi connectivity index (χ4v) is 7.05. The topological polar surface area (TPSA) is 52.9 Å². The molecule has 1 heterocycles. The van der Waals surface area contributed by atoms with Crippen molar-refractivity contribution in [3.05, 3.63) is 132 Å². The van der Waals surface area contributed by atoms with Crippen LogP contribution in [-0.2, 0) is 4.20 Å². The van der Waals surface area contributed by atoms with Gasteiger partial charge in [0.25, 0.3) is 7.14 Å². The van der Waals surface area contributed by atoms with Crippen LogP contribution in [0, 0.1) is 56.5 Å². The molecule has 0 amide bonds. The number of hydrogen-bond acceptors (Lipinski definition) is 2. The predicted molar refractivity (Wildman–Crippen MR) is 138 cm³/mol. The number of ketones is 1. The molecule has 0 aliphatic rings. The maximum atomic E-state index is 11.8. The van der Waals surface area contributed by atoms with E-state index in [1.165, 1.54) is 22.0 Å². The van der Waals surface area contributed by atoms with E-state index in [1.54, 1.807) is 11.4 Å². The number of aliphatic hydroxyl groups excluding tert-OH is 1. The molecule has 0 saturated heterocycles. The van der Waals surface area contributed by atoms with E-state index in [4.69, 9.17) is 14.1 Å². The molecular weight excluding hydrogens is 644 g/mol. The predicted octanol–water partition coefficient (Wildman–Crippen LogP) is 6.30. The van der Waals surface area contributed by atoms with Crippen LogP contribution in [0.4, 0.5) is 13.2 Å². The number of halogens is 3. The number of allylic oxidation sites excluding steroid dienone is 2. The van der Waals surface area contributed by atoms with Crippen molar-refractivity contribution in [1.82, 2.24) is 0 Å². The van der Waals surface area contributed by atoms with E-state index in [0.29, 0.717) is 0 Å². The molecule has 0 fully saturated rings. The third-order valence-electron chi connectivity index (χ3n) is 4.89. The van der Waals surface area contributed by atoms with Gasteiger partial charge in [0.2, 0.25) is 5.76 Å². The minimum atomic E-state index is -4.83. The van der Waals surface area contributed by atoms with Gasteiger partial charge in [-0.1, -0.05) is 60.7 Å². The van der Waals surface area contributed by atoms with Gasteiger partial charge < -0.3 is 9.30 Å². The second-order valence-corrected chi connectivity index (χ2v) is 11.1. The van der Waals surface area contributed by atoms with E-state index in [0.717, 1.165) is 11.3 Å². The first kappa shape index (κ1) is 30.4. The molecule has 0 atom stereocenters. The Morgan fingerprint density at radius 1 is 0.806 bits per heavy atom. The monoisotopic (exact) mass is 668 g/mol. The fraction of sp³-hybridized carbons (Fsp3) is 0.0370. The first-order valence-corrected chi connectivity index (χ1v) is 12.9. The summed E-state index contributed by atoms with van der Waals surface area (Å²) in [7, 11) is 1.69. The van der Waals surface area contributed by atoms with Gasteiger partial charge in [0.15, 0.2) is 0 Å². The maximum absolute atomic E-state index is 11.8. The summed E-state index contributed by atoms with van der Waals surface area (Å²) in [5.74, 6) is -2.42. The summed E-state index contributed by atoms with van der Waals surface area (Å²) in [5, 5.41) is 13.7. The van der Waals surface area contributed by atoms with Crippen molar-refractivity contribution >= 4 is 40.2 Å². The van der Waals surface area contributed by atoms with Gasteiger partial charge in [-0.2, -0.15) is 13.2 Å². The molecule has 0 saturated carbocycles. The molecule has 9 heteroatoms. The van der Waals surface area contributed by atoms with Crippen molar-refractivity contribution < 1.29 is 76.6 Å². The first-order chi connectivity index (χ1) is 16.8. The minimum Gasteiger partial charge on any atom is -0.504 e. The van der Waals surface area contributed by atoms with E-state index < -0.39 is 24.9 Å². The average molecular weight is 667 g/mol. The number of benzene rings is 3.